The lowest BCUT2D eigenvalue weighted by molar-refractivity contribution is 1.07. The van der Waals surface area contributed by atoms with Crippen LogP contribution in [0, 0.1) is 41.5 Å². The fourth-order valence-electron chi connectivity index (χ4n) is 3.59. The summed E-state index contributed by atoms with van der Waals surface area (Å²) in [6.07, 6.45) is 0. The van der Waals surface area contributed by atoms with Gasteiger partial charge in [-0.15, -0.1) is 0 Å². The van der Waals surface area contributed by atoms with Crippen molar-refractivity contribution in [1.82, 2.24) is 15.0 Å². The SMILES string of the molecule is Cc1cc(Cl)c(-c2nc(-c3cc(C)c(C)cc3Cl)nc(-c3cc(C)c(C)cc3Cl)n2)cc1C. The Kier molecular flexibility index (Phi) is 6.50. The van der Waals surface area contributed by atoms with Crippen LogP contribution in [0.2, 0.25) is 15.1 Å². The Morgan fingerprint density at radius 3 is 0.848 bits per heavy atom. The molecule has 0 unspecified atom stereocenters. The summed E-state index contributed by atoms with van der Waals surface area (Å²) >= 11 is 19.9. The first-order chi connectivity index (χ1) is 15.5. The van der Waals surface area contributed by atoms with Crippen molar-refractivity contribution in [3.63, 3.8) is 0 Å². The van der Waals surface area contributed by atoms with E-state index in [0.717, 1.165) is 50.1 Å². The molecule has 0 spiro atoms. The molecule has 0 bridgehead atoms. The summed E-state index contributed by atoms with van der Waals surface area (Å²) in [7, 11) is 0. The van der Waals surface area contributed by atoms with E-state index in [4.69, 9.17) is 49.8 Å². The summed E-state index contributed by atoms with van der Waals surface area (Å²) in [5.74, 6) is 1.44. The predicted octanol–water partition coefficient (Wildman–Crippen LogP) is 8.68. The van der Waals surface area contributed by atoms with Gasteiger partial charge in [0.2, 0.25) is 0 Å². The van der Waals surface area contributed by atoms with E-state index in [1.807, 2.05) is 77.9 Å². The number of nitrogens with zero attached hydrogens (tertiary/aromatic N) is 3. The third kappa shape index (κ3) is 4.63. The fourth-order valence-corrected chi connectivity index (χ4v) is 4.50. The number of aromatic nitrogens is 3. The third-order valence-corrected chi connectivity index (χ3v) is 7.05. The normalized spacial score (nSPS) is 11.2. The maximum Gasteiger partial charge on any atom is 0.165 e. The molecule has 1 aromatic heterocycles. The van der Waals surface area contributed by atoms with Crippen molar-refractivity contribution in [3.05, 3.63) is 84.8 Å². The Morgan fingerprint density at radius 1 is 0.394 bits per heavy atom. The van der Waals surface area contributed by atoms with Crippen LogP contribution in [-0.2, 0) is 0 Å². The molecule has 168 valence electrons. The Labute approximate surface area is 209 Å². The molecule has 0 fully saturated rings. The van der Waals surface area contributed by atoms with Gasteiger partial charge in [-0.3, -0.25) is 0 Å². The second-order valence-electron chi connectivity index (χ2n) is 8.56. The first-order valence-corrected chi connectivity index (χ1v) is 11.8. The second kappa shape index (κ2) is 9.06. The maximum atomic E-state index is 6.63. The Morgan fingerprint density at radius 2 is 0.606 bits per heavy atom. The topological polar surface area (TPSA) is 38.7 Å². The van der Waals surface area contributed by atoms with Crippen LogP contribution >= 0.6 is 34.8 Å². The standard InChI is InChI=1S/C27H24Cl3N3/c1-13-7-19(22(28)10-16(13)4)25-31-26(20-8-14(2)17(5)11-23(20)29)33-27(32-25)21-9-15(3)18(6)12-24(21)30/h7-12H,1-6H3. The Balaban J connectivity index is 2.04. The highest BCUT2D eigenvalue weighted by Crippen LogP contribution is 2.35. The van der Waals surface area contributed by atoms with Gasteiger partial charge in [-0.25, -0.2) is 15.0 Å². The van der Waals surface area contributed by atoms with Crippen molar-refractivity contribution < 1.29 is 0 Å². The third-order valence-electron chi connectivity index (χ3n) is 6.11. The molecule has 0 aliphatic rings. The maximum absolute atomic E-state index is 6.63. The summed E-state index contributed by atoms with van der Waals surface area (Å²) in [5.41, 5.74) is 8.84. The van der Waals surface area contributed by atoms with Crippen LogP contribution < -0.4 is 0 Å². The van der Waals surface area contributed by atoms with Crippen molar-refractivity contribution in [2.75, 3.05) is 0 Å². The van der Waals surface area contributed by atoms with Crippen molar-refractivity contribution >= 4 is 34.8 Å². The van der Waals surface area contributed by atoms with Gasteiger partial charge in [0.05, 0.1) is 15.1 Å². The molecule has 4 rings (SSSR count). The van der Waals surface area contributed by atoms with E-state index in [1.165, 1.54) is 0 Å². The zero-order valence-electron chi connectivity index (χ0n) is 19.4. The van der Waals surface area contributed by atoms with Gasteiger partial charge in [0.15, 0.2) is 17.5 Å². The van der Waals surface area contributed by atoms with Gasteiger partial charge < -0.3 is 0 Å². The van der Waals surface area contributed by atoms with E-state index in [-0.39, 0.29) is 0 Å². The minimum atomic E-state index is 0.478. The summed E-state index contributed by atoms with van der Waals surface area (Å²) in [4.78, 5) is 14.4. The van der Waals surface area contributed by atoms with Crippen molar-refractivity contribution in [1.29, 1.82) is 0 Å². The van der Waals surface area contributed by atoms with Crippen LogP contribution in [-0.4, -0.2) is 15.0 Å². The highest BCUT2D eigenvalue weighted by atomic mass is 35.5. The van der Waals surface area contributed by atoms with Crippen LogP contribution in [0.4, 0.5) is 0 Å². The number of halogens is 3. The van der Waals surface area contributed by atoms with Gasteiger partial charge in [0, 0.05) is 16.7 Å². The number of benzene rings is 3. The number of hydrogen-bond donors (Lipinski definition) is 0. The molecule has 0 saturated carbocycles. The molecule has 3 aromatic carbocycles. The van der Waals surface area contributed by atoms with Crippen molar-refractivity contribution in [2.45, 2.75) is 41.5 Å². The summed E-state index contributed by atoms with van der Waals surface area (Å²) in [5, 5.41) is 1.75. The molecule has 4 aromatic rings. The molecule has 0 N–H and O–H groups in total. The van der Waals surface area contributed by atoms with Crippen LogP contribution in [0.3, 0.4) is 0 Å². The average molecular weight is 497 g/mol. The van der Waals surface area contributed by atoms with Gasteiger partial charge in [-0.05, 0) is 111 Å². The van der Waals surface area contributed by atoms with E-state index in [0.29, 0.717) is 32.5 Å². The van der Waals surface area contributed by atoms with Gasteiger partial charge in [0.1, 0.15) is 0 Å². The lowest BCUT2D eigenvalue weighted by Crippen LogP contribution is -2.02. The molecule has 0 atom stereocenters. The summed E-state index contributed by atoms with van der Waals surface area (Å²) in [6.45, 7) is 12.2. The fraction of sp³-hybridized carbons (Fsp3) is 0.222. The smallest absolute Gasteiger partial charge is 0.165 e. The van der Waals surface area contributed by atoms with Gasteiger partial charge >= 0.3 is 0 Å². The van der Waals surface area contributed by atoms with Gasteiger partial charge in [-0.1, -0.05) is 34.8 Å². The minimum absolute atomic E-state index is 0.478. The number of rotatable bonds is 3. The zero-order chi connectivity index (χ0) is 24.0. The van der Waals surface area contributed by atoms with Crippen molar-refractivity contribution in [3.8, 4) is 34.2 Å². The number of aryl methyl sites for hydroxylation is 6. The first kappa shape index (κ1) is 23.7. The molecule has 0 radical (unpaired) electrons. The van der Waals surface area contributed by atoms with Crippen LogP contribution in [0.1, 0.15) is 33.4 Å². The summed E-state index contributed by atoms with van der Waals surface area (Å²) in [6, 6.07) is 11.8. The second-order valence-corrected chi connectivity index (χ2v) is 9.78. The molecular formula is C27H24Cl3N3. The molecule has 1 heterocycles. The molecule has 3 nitrogen and oxygen atoms in total. The van der Waals surface area contributed by atoms with E-state index < -0.39 is 0 Å². The Hall–Kier alpha value is -2.46. The van der Waals surface area contributed by atoms with Crippen LogP contribution in [0.25, 0.3) is 34.2 Å². The predicted molar refractivity (Wildman–Crippen MR) is 140 cm³/mol. The largest absolute Gasteiger partial charge is 0.208 e. The molecule has 0 aliphatic carbocycles. The average Bonchev–Trinajstić information content (AvgIpc) is 2.75. The van der Waals surface area contributed by atoms with E-state index >= 15 is 0 Å². The molecule has 0 saturated heterocycles. The van der Waals surface area contributed by atoms with E-state index in [9.17, 15) is 0 Å². The van der Waals surface area contributed by atoms with Crippen LogP contribution in [0.15, 0.2) is 36.4 Å². The summed E-state index contributed by atoms with van der Waals surface area (Å²) < 4.78 is 0. The minimum Gasteiger partial charge on any atom is -0.208 e. The highest BCUT2D eigenvalue weighted by molar-refractivity contribution is 6.34. The van der Waals surface area contributed by atoms with Gasteiger partial charge in [-0.2, -0.15) is 0 Å². The lowest BCUT2D eigenvalue weighted by atomic mass is 10.0. The van der Waals surface area contributed by atoms with Gasteiger partial charge in [0.25, 0.3) is 0 Å². The quantitative estimate of drug-likeness (QED) is 0.285. The van der Waals surface area contributed by atoms with Crippen LogP contribution in [0.5, 0.6) is 0 Å². The highest BCUT2D eigenvalue weighted by Gasteiger charge is 2.19. The monoisotopic (exact) mass is 495 g/mol. The number of hydrogen-bond acceptors (Lipinski definition) is 3. The molecule has 33 heavy (non-hydrogen) atoms. The molecule has 0 aliphatic heterocycles. The first-order valence-electron chi connectivity index (χ1n) is 10.6. The van der Waals surface area contributed by atoms with E-state index in [1.54, 1.807) is 0 Å². The Bertz CT molecular complexity index is 1230. The molecule has 0 amide bonds. The zero-order valence-corrected chi connectivity index (χ0v) is 21.7. The molecule has 6 heteroatoms. The van der Waals surface area contributed by atoms with Crippen molar-refractivity contribution in [2.24, 2.45) is 0 Å². The van der Waals surface area contributed by atoms with E-state index in [2.05, 4.69) is 0 Å². The lowest BCUT2D eigenvalue weighted by Gasteiger charge is -2.14. The molecular weight excluding hydrogens is 473 g/mol.